The fraction of sp³-hybridized carbons (Fsp3) is 0.615. The van der Waals surface area contributed by atoms with Gasteiger partial charge in [0.2, 0.25) is 0 Å². The summed E-state index contributed by atoms with van der Waals surface area (Å²) in [5, 5.41) is 4.00. The Morgan fingerprint density at radius 3 is 2.46 bits per heavy atom. The molecule has 1 aromatic carbocycles. The molecule has 0 spiro atoms. The fourth-order valence-electron chi connectivity index (χ4n) is 6.35. The van der Waals surface area contributed by atoms with Crippen LogP contribution in [0.1, 0.15) is 69.7 Å². The molecule has 3 fully saturated rings. The van der Waals surface area contributed by atoms with E-state index in [1.165, 1.54) is 59.4 Å². The molecule has 2 heteroatoms. The number of rotatable bonds is 4. The molecule has 1 N–H and O–H groups in total. The lowest BCUT2D eigenvalue weighted by Gasteiger charge is -2.52. The summed E-state index contributed by atoms with van der Waals surface area (Å²) in [6, 6.07) is 14.6. The maximum atomic E-state index is 4.00. The van der Waals surface area contributed by atoms with Gasteiger partial charge in [0.05, 0.1) is 0 Å². The molecule has 28 heavy (non-hydrogen) atoms. The number of hydrogen-bond donors (Lipinski definition) is 1. The van der Waals surface area contributed by atoms with Gasteiger partial charge in [-0.1, -0.05) is 51.5 Å². The number of fused-ring (bicyclic) bond motifs is 2. The Hall–Kier alpha value is -1.12. The van der Waals surface area contributed by atoms with E-state index in [0.717, 1.165) is 36.3 Å². The van der Waals surface area contributed by atoms with Crippen LogP contribution in [-0.4, -0.2) is 6.04 Å². The van der Waals surface area contributed by atoms with Gasteiger partial charge in [0.1, 0.15) is 0 Å². The van der Waals surface area contributed by atoms with Gasteiger partial charge >= 0.3 is 0 Å². The Morgan fingerprint density at radius 2 is 1.68 bits per heavy atom. The van der Waals surface area contributed by atoms with Crippen molar-refractivity contribution in [3.05, 3.63) is 46.8 Å². The van der Waals surface area contributed by atoms with Crippen molar-refractivity contribution in [3.63, 3.8) is 0 Å². The second kappa shape index (κ2) is 7.29. The minimum absolute atomic E-state index is 0.223. The summed E-state index contributed by atoms with van der Waals surface area (Å²) in [6.45, 7) is 7.89. The van der Waals surface area contributed by atoms with Gasteiger partial charge in [0, 0.05) is 22.3 Å². The molecular weight excluding hydrogens is 358 g/mol. The minimum Gasteiger partial charge on any atom is -0.309 e. The number of nitrogens with one attached hydrogen (secondary N) is 1. The number of benzene rings is 1. The first-order chi connectivity index (χ1) is 13.5. The van der Waals surface area contributed by atoms with E-state index < -0.39 is 0 Å². The zero-order chi connectivity index (χ0) is 19.3. The first-order valence-electron chi connectivity index (χ1n) is 11.4. The van der Waals surface area contributed by atoms with E-state index in [9.17, 15) is 0 Å². The van der Waals surface area contributed by atoms with Crippen LogP contribution >= 0.6 is 11.3 Å². The van der Waals surface area contributed by atoms with Gasteiger partial charge in [0.25, 0.3) is 0 Å². The maximum Gasteiger partial charge on any atom is 0.0346 e. The molecule has 1 heterocycles. The molecule has 3 aliphatic rings. The third-order valence-corrected chi connectivity index (χ3v) is 8.93. The van der Waals surface area contributed by atoms with Crippen LogP contribution in [-0.2, 0) is 12.0 Å². The second-order valence-electron chi connectivity index (χ2n) is 10.8. The van der Waals surface area contributed by atoms with Crippen molar-refractivity contribution in [2.45, 2.75) is 77.3 Å². The molecular formula is C26H35NS. The third-order valence-electron chi connectivity index (χ3n) is 7.79. The molecule has 0 saturated heterocycles. The number of hydrogen-bond acceptors (Lipinski definition) is 2. The van der Waals surface area contributed by atoms with Crippen molar-refractivity contribution in [1.29, 1.82) is 0 Å². The molecule has 5 unspecified atom stereocenters. The van der Waals surface area contributed by atoms with Gasteiger partial charge in [-0.15, -0.1) is 11.3 Å². The highest BCUT2D eigenvalue weighted by Gasteiger charge is 2.45. The zero-order valence-corrected chi connectivity index (χ0v) is 18.5. The monoisotopic (exact) mass is 393 g/mol. The highest BCUT2D eigenvalue weighted by molar-refractivity contribution is 7.15. The van der Waals surface area contributed by atoms with E-state index in [1.54, 1.807) is 0 Å². The quantitative estimate of drug-likeness (QED) is 0.588. The molecule has 5 atom stereocenters. The SMILES string of the molecule is CC(C)(C)c1ccc(-c2ccc(CNC3CC4CC5CCC3C(C5)C4)s2)cc1. The first-order valence-corrected chi connectivity index (χ1v) is 12.2. The van der Waals surface area contributed by atoms with Crippen LogP contribution in [0.2, 0.25) is 0 Å². The van der Waals surface area contributed by atoms with E-state index in [0.29, 0.717) is 0 Å². The molecule has 150 valence electrons. The fourth-order valence-corrected chi connectivity index (χ4v) is 7.31. The molecule has 3 saturated carbocycles. The molecule has 0 amide bonds. The minimum atomic E-state index is 0.223. The van der Waals surface area contributed by atoms with Crippen LogP contribution in [0.15, 0.2) is 36.4 Å². The Labute approximate surface area is 175 Å². The van der Waals surface area contributed by atoms with Crippen molar-refractivity contribution < 1.29 is 0 Å². The van der Waals surface area contributed by atoms with E-state index >= 15 is 0 Å². The highest BCUT2D eigenvalue weighted by atomic mass is 32.1. The molecule has 5 rings (SSSR count). The topological polar surface area (TPSA) is 12.0 Å². The van der Waals surface area contributed by atoms with Gasteiger partial charge in [-0.3, -0.25) is 0 Å². The van der Waals surface area contributed by atoms with E-state index in [4.69, 9.17) is 0 Å². The first kappa shape index (κ1) is 18.9. The van der Waals surface area contributed by atoms with Crippen LogP contribution in [0.4, 0.5) is 0 Å². The van der Waals surface area contributed by atoms with Crippen molar-refractivity contribution in [2.24, 2.45) is 23.7 Å². The van der Waals surface area contributed by atoms with Crippen LogP contribution in [0.3, 0.4) is 0 Å². The van der Waals surface area contributed by atoms with Gasteiger partial charge < -0.3 is 5.32 Å². The second-order valence-corrected chi connectivity index (χ2v) is 11.9. The van der Waals surface area contributed by atoms with Crippen molar-refractivity contribution in [2.75, 3.05) is 0 Å². The molecule has 1 aromatic heterocycles. The average Bonchev–Trinajstić information content (AvgIpc) is 3.13. The van der Waals surface area contributed by atoms with E-state index in [2.05, 4.69) is 62.5 Å². The lowest BCUT2D eigenvalue weighted by molar-refractivity contribution is 0.00613. The normalized spacial score (nSPS) is 31.9. The predicted octanol–water partition coefficient (Wildman–Crippen LogP) is 7.02. The lowest BCUT2D eigenvalue weighted by atomic mass is 9.56. The third kappa shape index (κ3) is 3.71. The predicted molar refractivity (Wildman–Crippen MR) is 121 cm³/mol. The van der Waals surface area contributed by atoms with Crippen LogP contribution < -0.4 is 5.32 Å². The molecule has 3 bridgehead atoms. The summed E-state index contributed by atoms with van der Waals surface area (Å²) in [7, 11) is 0. The van der Waals surface area contributed by atoms with Crippen molar-refractivity contribution in [1.82, 2.24) is 5.32 Å². The summed E-state index contributed by atoms with van der Waals surface area (Å²) >= 11 is 1.97. The summed E-state index contributed by atoms with van der Waals surface area (Å²) in [6.07, 6.45) is 9.01. The van der Waals surface area contributed by atoms with Gasteiger partial charge in [0.15, 0.2) is 0 Å². The van der Waals surface area contributed by atoms with Crippen LogP contribution in [0.5, 0.6) is 0 Å². The van der Waals surface area contributed by atoms with Gasteiger partial charge in [-0.25, -0.2) is 0 Å². The number of thiophene rings is 1. The Morgan fingerprint density at radius 1 is 0.893 bits per heavy atom. The maximum absolute atomic E-state index is 4.00. The van der Waals surface area contributed by atoms with Crippen molar-refractivity contribution >= 4 is 11.3 Å². The summed E-state index contributed by atoms with van der Waals surface area (Å²) in [5.41, 5.74) is 2.99. The largest absolute Gasteiger partial charge is 0.309 e. The van der Waals surface area contributed by atoms with Gasteiger partial charge in [-0.05, 0) is 84.5 Å². The Balaban J connectivity index is 1.23. The van der Waals surface area contributed by atoms with Crippen LogP contribution in [0.25, 0.3) is 10.4 Å². The van der Waals surface area contributed by atoms with E-state index in [1.807, 2.05) is 11.3 Å². The Bertz CT molecular complexity index is 806. The lowest BCUT2D eigenvalue weighted by Crippen LogP contribution is -2.50. The Kier molecular flexibility index (Phi) is 4.92. The van der Waals surface area contributed by atoms with E-state index in [-0.39, 0.29) is 5.41 Å². The van der Waals surface area contributed by atoms with Crippen LogP contribution in [0, 0.1) is 23.7 Å². The summed E-state index contributed by atoms with van der Waals surface area (Å²) in [4.78, 5) is 2.89. The molecule has 0 radical (unpaired) electrons. The smallest absolute Gasteiger partial charge is 0.0346 e. The zero-order valence-electron chi connectivity index (χ0n) is 17.7. The van der Waals surface area contributed by atoms with Gasteiger partial charge in [-0.2, -0.15) is 0 Å². The molecule has 3 aliphatic carbocycles. The summed E-state index contributed by atoms with van der Waals surface area (Å²) < 4.78 is 0. The standard InChI is InChI=1S/C26H35NS/c1-26(2,3)21-7-5-19(6-8-21)25-11-9-22(28-25)16-27-24-15-18-12-17-4-10-23(24)20(13-17)14-18/h5-9,11,17-18,20,23-24,27H,4,10,12-16H2,1-3H3. The van der Waals surface area contributed by atoms with Crippen molar-refractivity contribution in [3.8, 4) is 10.4 Å². The molecule has 1 nitrogen and oxygen atoms in total. The average molecular weight is 394 g/mol. The summed E-state index contributed by atoms with van der Waals surface area (Å²) in [5.74, 6) is 4.07. The highest BCUT2D eigenvalue weighted by Crippen LogP contribution is 2.52. The molecule has 2 aromatic rings. The molecule has 0 aliphatic heterocycles.